The Morgan fingerprint density at radius 3 is 1.16 bits per heavy atom. The topological polar surface area (TPSA) is 129 Å². The minimum absolute atomic E-state index is 0.138. The Kier molecular flexibility index (Phi) is 15.4. The Bertz CT molecular complexity index is 1670. The predicted octanol–water partition coefficient (Wildman–Crippen LogP) is 10.5. The van der Waals surface area contributed by atoms with E-state index < -0.39 is 15.2 Å². The van der Waals surface area contributed by atoms with Crippen molar-refractivity contribution in [3.63, 3.8) is 0 Å². The molecule has 4 aromatic carbocycles. The molecule has 4 aromatic rings. The summed E-state index contributed by atoms with van der Waals surface area (Å²) in [4.78, 5) is 28.2. The number of carbonyl (C=O) groups excluding carboxylic acids is 2. The van der Waals surface area contributed by atoms with Gasteiger partial charge in [-0.05, 0) is 87.4 Å². The van der Waals surface area contributed by atoms with E-state index in [4.69, 9.17) is 18.1 Å². The van der Waals surface area contributed by atoms with Crippen LogP contribution in [0.1, 0.15) is 59.5 Å². The summed E-state index contributed by atoms with van der Waals surface area (Å²) in [7, 11) is -3.74. The fourth-order valence-corrected chi connectivity index (χ4v) is 10.6. The highest BCUT2D eigenvalue weighted by molar-refractivity contribution is 8.76. The van der Waals surface area contributed by atoms with Crippen molar-refractivity contribution in [1.82, 2.24) is 0 Å². The molecule has 4 rings (SSSR count). The van der Waals surface area contributed by atoms with Crippen LogP contribution < -0.4 is 10.6 Å². The number of benzene rings is 4. The third-order valence-electron chi connectivity index (χ3n) is 6.96. The first kappa shape index (κ1) is 39.6. The smallest absolute Gasteiger partial charge is 0.322 e. The maximum Gasteiger partial charge on any atom is 0.335 e. The molecule has 0 aliphatic rings. The standard InChI is InChI=1S/C36H42N2O8P2S2/c1-5-43-47(41,44-6-2)25-27-17-21-29(22-18-27)37-35(39)31-13-9-11-15-33(31)49-50-34-16-12-10-14-32(34)36(40)38-30-23-19-28(20-24-30)26-48(42,45-7-3)46-8-4/h9-24H,5-8,25-26H2,1-4H3,(H,37,39)(H,38,40). The molecule has 2 N–H and O–H groups in total. The Morgan fingerprint density at radius 1 is 0.520 bits per heavy atom. The molecule has 0 radical (unpaired) electrons. The zero-order valence-electron chi connectivity index (χ0n) is 28.5. The van der Waals surface area contributed by atoms with Gasteiger partial charge in [0, 0.05) is 21.2 Å². The van der Waals surface area contributed by atoms with Crippen LogP contribution in [0.4, 0.5) is 11.4 Å². The molecule has 10 nitrogen and oxygen atoms in total. The molecule has 0 heterocycles. The average molecular weight is 757 g/mol. The number of hydrogen-bond donors (Lipinski definition) is 2. The van der Waals surface area contributed by atoms with Crippen molar-refractivity contribution < 1.29 is 36.8 Å². The fourth-order valence-electron chi connectivity index (χ4n) is 4.82. The number of amides is 2. The molecule has 0 aliphatic carbocycles. The van der Waals surface area contributed by atoms with Gasteiger partial charge in [0.2, 0.25) is 0 Å². The third kappa shape index (κ3) is 11.7. The molecule has 0 atom stereocenters. The summed E-state index contributed by atoms with van der Waals surface area (Å²) in [6.07, 6.45) is 0.277. The molecule has 0 bridgehead atoms. The molecule has 0 saturated heterocycles. The second-order valence-electron chi connectivity index (χ2n) is 10.7. The summed E-state index contributed by atoms with van der Waals surface area (Å²) < 4.78 is 47.4. The van der Waals surface area contributed by atoms with Crippen molar-refractivity contribution in [3.05, 3.63) is 119 Å². The monoisotopic (exact) mass is 756 g/mol. The number of hydrogen-bond acceptors (Lipinski definition) is 10. The van der Waals surface area contributed by atoms with E-state index in [0.717, 1.165) is 20.9 Å². The Morgan fingerprint density at radius 2 is 0.840 bits per heavy atom. The highest BCUT2D eigenvalue weighted by Crippen LogP contribution is 2.52. The van der Waals surface area contributed by atoms with Gasteiger partial charge < -0.3 is 28.7 Å². The minimum atomic E-state index is -3.25. The van der Waals surface area contributed by atoms with Gasteiger partial charge in [-0.1, -0.05) is 70.1 Å². The summed E-state index contributed by atoms with van der Waals surface area (Å²) in [6.45, 7) is 8.22. The van der Waals surface area contributed by atoms with Gasteiger partial charge >= 0.3 is 15.2 Å². The van der Waals surface area contributed by atoms with E-state index in [1.165, 1.54) is 21.6 Å². The Balaban J connectivity index is 1.39. The van der Waals surface area contributed by atoms with Gasteiger partial charge in [-0.15, -0.1) is 0 Å². The first-order valence-corrected chi connectivity index (χ1v) is 21.8. The predicted molar refractivity (Wildman–Crippen MR) is 203 cm³/mol. The summed E-state index contributed by atoms with van der Waals surface area (Å²) in [6, 6.07) is 28.7. The lowest BCUT2D eigenvalue weighted by Crippen LogP contribution is -2.13. The van der Waals surface area contributed by atoms with Crippen LogP contribution in [0.25, 0.3) is 0 Å². The van der Waals surface area contributed by atoms with Gasteiger partial charge in [-0.3, -0.25) is 18.7 Å². The Hall–Kier alpha value is -3.18. The number of carbonyl (C=O) groups is 2. The van der Waals surface area contributed by atoms with Gasteiger partial charge in [-0.2, -0.15) is 0 Å². The van der Waals surface area contributed by atoms with Crippen molar-refractivity contribution >= 4 is 60.0 Å². The summed E-state index contributed by atoms with van der Waals surface area (Å²) in [5.74, 6) is -0.576. The second kappa shape index (κ2) is 19.4. The van der Waals surface area contributed by atoms with Crippen LogP contribution in [0.3, 0.4) is 0 Å². The van der Waals surface area contributed by atoms with Gasteiger partial charge in [0.1, 0.15) is 0 Å². The zero-order valence-corrected chi connectivity index (χ0v) is 31.9. The third-order valence-corrected chi connectivity index (χ3v) is 13.6. The van der Waals surface area contributed by atoms with E-state index in [0.29, 0.717) is 22.5 Å². The molecule has 266 valence electrons. The van der Waals surface area contributed by atoms with Crippen LogP contribution in [0.5, 0.6) is 0 Å². The van der Waals surface area contributed by atoms with E-state index in [9.17, 15) is 18.7 Å². The summed E-state index contributed by atoms with van der Waals surface area (Å²) in [5, 5.41) is 5.87. The molecule has 50 heavy (non-hydrogen) atoms. The zero-order chi connectivity index (χ0) is 36.0. The molecule has 0 saturated carbocycles. The number of rotatable bonds is 19. The molecule has 0 fully saturated rings. The van der Waals surface area contributed by atoms with Crippen molar-refractivity contribution in [1.29, 1.82) is 0 Å². The van der Waals surface area contributed by atoms with Crippen LogP contribution >= 0.6 is 36.8 Å². The molecule has 0 aliphatic heterocycles. The first-order chi connectivity index (χ1) is 24.1. The van der Waals surface area contributed by atoms with Gasteiger partial charge in [0.05, 0.1) is 49.9 Å². The fraction of sp³-hybridized carbons (Fsp3) is 0.278. The lowest BCUT2D eigenvalue weighted by molar-refractivity contribution is 0.101. The molecule has 2 amide bonds. The maximum atomic E-state index is 13.4. The molecule has 0 unspecified atom stereocenters. The van der Waals surface area contributed by atoms with Crippen molar-refractivity contribution in [3.8, 4) is 0 Å². The molecule has 0 spiro atoms. The SMILES string of the molecule is CCOP(=O)(Cc1ccc(NC(=O)c2ccccc2SSc2ccccc2C(=O)Nc2ccc(CP(=O)(OCC)OCC)cc2)cc1)OCC. The van der Waals surface area contributed by atoms with Gasteiger partial charge in [0.15, 0.2) is 0 Å². The summed E-state index contributed by atoms with van der Waals surface area (Å²) >= 11 is 0. The van der Waals surface area contributed by atoms with Gasteiger partial charge in [-0.25, -0.2) is 0 Å². The van der Waals surface area contributed by atoms with Gasteiger partial charge in [0.25, 0.3) is 11.8 Å². The van der Waals surface area contributed by atoms with Crippen LogP contribution in [-0.4, -0.2) is 38.2 Å². The van der Waals surface area contributed by atoms with Crippen molar-refractivity contribution in [2.24, 2.45) is 0 Å². The highest BCUT2D eigenvalue weighted by atomic mass is 33.1. The number of anilines is 2. The van der Waals surface area contributed by atoms with Crippen LogP contribution in [0.2, 0.25) is 0 Å². The van der Waals surface area contributed by atoms with Crippen molar-refractivity contribution in [2.45, 2.75) is 49.8 Å². The van der Waals surface area contributed by atoms with E-state index in [1.54, 1.807) is 100 Å². The largest absolute Gasteiger partial charge is 0.335 e. The summed E-state index contributed by atoms with van der Waals surface area (Å²) in [5.41, 5.74) is 3.67. The van der Waals surface area contributed by atoms with E-state index in [1.807, 2.05) is 24.3 Å². The minimum Gasteiger partial charge on any atom is -0.322 e. The van der Waals surface area contributed by atoms with Crippen molar-refractivity contribution in [2.75, 3.05) is 37.1 Å². The van der Waals surface area contributed by atoms with Crippen LogP contribution in [-0.2, 0) is 39.5 Å². The molecule has 0 aromatic heterocycles. The second-order valence-corrected chi connectivity index (χ2v) is 17.0. The molecular weight excluding hydrogens is 714 g/mol. The highest BCUT2D eigenvalue weighted by Gasteiger charge is 2.25. The van der Waals surface area contributed by atoms with E-state index >= 15 is 0 Å². The van der Waals surface area contributed by atoms with E-state index in [2.05, 4.69) is 10.6 Å². The lowest BCUT2D eigenvalue weighted by Gasteiger charge is -2.17. The number of nitrogens with one attached hydrogen (secondary N) is 2. The maximum absolute atomic E-state index is 13.4. The van der Waals surface area contributed by atoms with Crippen LogP contribution in [0.15, 0.2) is 107 Å². The van der Waals surface area contributed by atoms with Crippen LogP contribution in [0, 0.1) is 0 Å². The lowest BCUT2D eigenvalue weighted by atomic mass is 10.2. The molecule has 14 heteroatoms. The Labute approximate surface area is 301 Å². The average Bonchev–Trinajstić information content (AvgIpc) is 3.09. The molecular formula is C36H42N2O8P2S2. The normalized spacial score (nSPS) is 11.7. The first-order valence-electron chi connectivity index (χ1n) is 16.2. The van der Waals surface area contributed by atoms with E-state index in [-0.39, 0.29) is 50.6 Å². The quantitative estimate of drug-likeness (QED) is 0.0704.